The predicted molar refractivity (Wildman–Crippen MR) is 113 cm³/mol. The van der Waals surface area contributed by atoms with Crippen LogP contribution in [0.4, 0.5) is 11.4 Å². The van der Waals surface area contributed by atoms with Crippen molar-refractivity contribution in [2.75, 3.05) is 12.4 Å². The first-order chi connectivity index (χ1) is 13.5. The molecular formula is C24H22N2O2. The van der Waals surface area contributed by atoms with E-state index in [4.69, 9.17) is 9.73 Å². The molecule has 1 heterocycles. The number of aliphatic imine (C=N–C) groups is 1. The Balaban J connectivity index is 1.77. The van der Waals surface area contributed by atoms with Crippen molar-refractivity contribution >= 4 is 23.0 Å². The molecule has 0 unspecified atom stereocenters. The summed E-state index contributed by atoms with van der Waals surface area (Å²) in [6.07, 6.45) is 0. The molecule has 1 aliphatic heterocycles. The van der Waals surface area contributed by atoms with Crippen LogP contribution in [0.2, 0.25) is 0 Å². The van der Waals surface area contributed by atoms with E-state index in [-0.39, 0.29) is 5.91 Å². The molecule has 0 saturated heterocycles. The van der Waals surface area contributed by atoms with E-state index in [1.54, 1.807) is 19.2 Å². The number of carbonyl (C=O) groups is 1. The molecule has 4 nitrogen and oxygen atoms in total. The van der Waals surface area contributed by atoms with Crippen LogP contribution in [0, 0.1) is 0 Å². The van der Waals surface area contributed by atoms with Crippen molar-refractivity contribution in [1.29, 1.82) is 0 Å². The van der Waals surface area contributed by atoms with E-state index in [1.165, 1.54) is 0 Å². The van der Waals surface area contributed by atoms with E-state index in [9.17, 15) is 4.79 Å². The van der Waals surface area contributed by atoms with Gasteiger partial charge in [0.2, 0.25) is 0 Å². The summed E-state index contributed by atoms with van der Waals surface area (Å²) in [5.41, 5.74) is 5.01. The number of hydrogen-bond donors (Lipinski definition) is 1. The molecule has 3 aromatic rings. The van der Waals surface area contributed by atoms with Crippen LogP contribution in [0.1, 0.15) is 35.3 Å². The van der Waals surface area contributed by atoms with E-state index in [2.05, 4.69) is 18.3 Å². The summed E-state index contributed by atoms with van der Waals surface area (Å²) in [6, 6.07) is 23.1. The molecule has 0 aromatic heterocycles. The Bertz CT molecular complexity index is 1070. The summed E-state index contributed by atoms with van der Waals surface area (Å²) in [7, 11) is 1.66. The predicted octanol–water partition coefficient (Wildman–Crippen LogP) is 5.36. The van der Waals surface area contributed by atoms with Crippen molar-refractivity contribution in [3.63, 3.8) is 0 Å². The number of benzene rings is 3. The van der Waals surface area contributed by atoms with E-state index >= 15 is 0 Å². The summed E-state index contributed by atoms with van der Waals surface area (Å²) in [6.45, 7) is 4.19. The van der Waals surface area contributed by atoms with Crippen molar-refractivity contribution in [1.82, 2.24) is 0 Å². The highest BCUT2D eigenvalue weighted by atomic mass is 16.5. The smallest absolute Gasteiger partial charge is 0.255 e. The number of nitrogens with one attached hydrogen (secondary N) is 1. The molecule has 1 atom stereocenters. The summed E-state index contributed by atoms with van der Waals surface area (Å²) in [5.74, 6) is 0.630. The number of methoxy groups -OCH3 is 1. The third-order valence-electron chi connectivity index (χ3n) is 5.49. The van der Waals surface area contributed by atoms with Crippen molar-refractivity contribution in [2.45, 2.75) is 19.3 Å². The first kappa shape index (κ1) is 18.0. The molecule has 4 rings (SSSR count). The van der Waals surface area contributed by atoms with E-state index in [0.717, 1.165) is 34.0 Å². The Morgan fingerprint density at radius 2 is 1.68 bits per heavy atom. The fourth-order valence-electron chi connectivity index (χ4n) is 3.79. The second-order valence-corrected chi connectivity index (χ2v) is 7.07. The Labute approximate surface area is 164 Å². The van der Waals surface area contributed by atoms with Gasteiger partial charge in [0.25, 0.3) is 5.91 Å². The lowest BCUT2D eigenvalue weighted by atomic mass is 9.73. The number of fused-ring (bicyclic) bond motifs is 1. The quantitative estimate of drug-likeness (QED) is 0.672. The lowest BCUT2D eigenvalue weighted by Gasteiger charge is -2.29. The van der Waals surface area contributed by atoms with Gasteiger partial charge >= 0.3 is 0 Å². The zero-order valence-corrected chi connectivity index (χ0v) is 16.2. The van der Waals surface area contributed by atoms with Crippen LogP contribution in [-0.4, -0.2) is 18.7 Å². The van der Waals surface area contributed by atoms with Crippen molar-refractivity contribution in [2.24, 2.45) is 4.99 Å². The number of para-hydroxylation sites is 1. The number of anilines is 1. The summed E-state index contributed by atoms with van der Waals surface area (Å²) < 4.78 is 5.66. The van der Waals surface area contributed by atoms with Gasteiger partial charge in [0.05, 0.1) is 18.2 Å². The maximum Gasteiger partial charge on any atom is 0.255 e. The first-order valence-corrected chi connectivity index (χ1v) is 9.24. The number of carbonyl (C=O) groups excluding carboxylic acids is 1. The third-order valence-corrected chi connectivity index (χ3v) is 5.49. The SMILES string of the molecule is COc1ccc(NC(=O)c2ccccc2)cc1[C@@]1(C)C(C)=Nc2ccccc21. The largest absolute Gasteiger partial charge is 0.496 e. The van der Waals surface area contributed by atoms with Gasteiger partial charge < -0.3 is 10.1 Å². The van der Waals surface area contributed by atoms with Gasteiger partial charge in [-0.2, -0.15) is 0 Å². The van der Waals surface area contributed by atoms with Crippen LogP contribution in [0.25, 0.3) is 0 Å². The van der Waals surface area contributed by atoms with Gasteiger partial charge in [-0.05, 0) is 55.8 Å². The Morgan fingerprint density at radius 3 is 2.43 bits per heavy atom. The van der Waals surface area contributed by atoms with Crippen LogP contribution in [0.5, 0.6) is 5.75 Å². The van der Waals surface area contributed by atoms with Gasteiger partial charge in [-0.25, -0.2) is 0 Å². The van der Waals surface area contributed by atoms with E-state index in [0.29, 0.717) is 5.56 Å². The van der Waals surface area contributed by atoms with Gasteiger partial charge in [0.15, 0.2) is 0 Å². The molecular weight excluding hydrogens is 348 g/mol. The molecule has 0 spiro atoms. The van der Waals surface area contributed by atoms with Crippen LogP contribution in [-0.2, 0) is 5.41 Å². The Kier molecular flexibility index (Phi) is 4.47. The number of ether oxygens (including phenoxy) is 1. The fourth-order valence-corrected chi connectivity index (χ4v) is 3.79. The van der Waals surface area contributed by atoms with Crippen LogP contribution in [0.15, 0.2) is 77.8 Å². The highest BCUT2D eigenvalue weighted by Gasteiger charge is 2.40. The highest BCUT2D eigenvalue weighted by Crippen LogP contribution is 2.47. The van der Waals surface area contributed by atoms with Crippen LogP contribution >= 0.6 is 0 Å². The van der Waals surface area contributed by atoms with Crippen molar-refractivity contribution in [3.8, 4) is 5.75 Å². The minimum atomic E-state index is -0.421. The van der Waals surface area contributed by atoms with Gasteiger partial charge in [-0.3, -0.25) is 9.79 Å². The molecule has 1 amide bonds. The van der Waals surface area contributed by atoms with Crippen molar-refractivity contribution in [3.05, 3.63) is 89.5 Å². The van der Waals surface area contributed by atoms with Gasteiger partial charge in [0.1, 0.15) is 5.75 Å². The topological polar surface area (TPSA) is 50.7 Å². The molecule has 3 aromatic carbocycles. The highest BCUT2D eigenvalue weighted by molar-refractivity contribution is 6.05. The second-order valence-electron chi connectivity index (χ2n) is 7.07. The molecule has 0 bridgehead atoms. The zero-order chi connectivity index (χ0) is 19.7. The maximum atomic E-state index is 12.6. The zero-order valence-electron chi connectivity index (χ0n) is 16.2. The second kappa shape index (κ2) is 6.97. The third kappa shape index (κ3) is 2.87. The first-order valence-electron chi connectivity index (χ1n) is 9.24. The molecule has 1 aliphatic rings. The van der Waals surface area contributed by atoms with Crippen LogP contribution in [0.3, 0.4) is 0 Å². The number of nitrogens with zero attached hydrogens (tertiary/aromatic N) is 1. The molecule has 4 heteroatoms. The summed E-state index contributed by atoms with van der Waals surface area (Å²) in [4.78, 5) is 17.3. The summed E-state index contributed by atoms with van der Waals surface area (Å²) >= 11 is 0. The van der Waals surface area contributed by atoms with Crippen molar-refractivity contribution < 1.29 is 9.53 Å². The lowest BCUT2D eigenvalue weighted by Crippen LogP contribution is -2.29. The minimum Gasteiger partial charge on any atom is -0.496 e. The monoisotopic (exact) mass is 370 g/mol. The van der Waals surface area contributed by atoms with Crippen LogP contribution < -0.4 is 10.1 Å². The lowest BCUT2D eigenvalue weighted by molar-refractivity contribution is 0.102. The molecule has 0 saturated carbocycles. The molecule has 0 aliphatic carbocycles. The molecule has 0 fully saturated rings. The van der Waals surface area contributed by atoms with Gasteiger partial charge in [-0.15, -0.1) is 0 Å². The van der Waals surface area contributed by atoms with Gasteiger partial charge in [0, 0.05) is 22.5 Å². The maximum absolute atomic E-state index is 12.6. The average Bonchev–Trinajstić information content (AvgIpc) is 3.00. The van der Waals surface area contributed by atoms with Gasteiger partial charge in [-0.1, -0.05) is 36.4 Å². The number of amides is 1. The Hall–Kier alpha value is -3.40. The molecule has 0 radical (unpaired) electrons. The summed E-state index contributed by atoms with van der Waals surface area (Å²) in [5, 5.41) is 3.00. The normalized spacial score (nSPS) is 17.6. The number of rotatable bonds is 4. The Morgan fingerprint density at radius 1 is 0.964 bits per heavy atom. The fraction of sp³-hybridized carbons (Fsp3) is 0.167. The standard InChI is InChI=1S/C24H22N2O2/c1-16-24(2,19-11-7-8-12-21(19)25-16)20-15-18(13-14-22(20)28-3)26-23(27)17-9-5-4-6-10-17/h4-15H,1-3H3,(H,26,27)/t24-/m0/s1. The molecule has 28 heavy (non-hydrogen) atoms. The average molecular weight is 370 g/mol. The van der Waals surface area contributed by atoms with E-state index in [1.807, 2.05) is 61.5 Å². The number of hydrogen-bond acceptors (Lipinski definition) is 3. The van der Waals surface area contributed by atoms with E-state index < -0.39 is 5.41 Å². The minimum absolute atomic E-state index is 0.140. The molecule has 140 valence electrons. The molecule has 1 N–H and O–H groups in total.